The first-order chi connectivity index (χ1) is 8.22. The smallest absolute Gasteiger partial charge is 0.186 e. The fraction of sp³-hybridized carbons (Fsp3) is 0.667. The molecule has 0 radical (unpaired) electrons. The summed E-state index contributed by atoms with van der Waals surface area (Å²) in [5.74, 6) is 0.967. The first kappa shape index (κ1) is 12.6. The van der Waals surface area contributed by atoms with E-state index in [1.54, 1.807) is 6.92 Å². The quantitative estimate of drug-likeness (QED) is 0.846. The Morgan fingerprint density at radius 1 is 1.41 bits per heavy atom. The number of nitrogens with one attached hydrogen (secondary N) is 1. The van der Waals surface area contributed by atoms with Crippen molar-refractivity contribution in [1.82, 2.24) is 9.97 Å². The van der Waals surface area contributed by atoms with Gasteiger partial charge in [0.05, 0.1) is 5.69 Å². The van der Waals surface area contributed by atoms with E-state index in [4.69, 9.17) is 11.6 Å². The minimum absolute atomic E-state index is 0.227. The van der Waals surface area contributed by atoms with Gasteiger partial charge in [-0.1, -0.05) is 12.8 Å². The molecule has 0 amide bonds. The molecule has 0 spiro atoms. The van der Waals surface area contributed by atoms with Gasteiger partial charge in [0.2, 0.25) is 0 Å². The van der Waals surface area contributed by atoms with Gasteiger partial charge in [-0.25, -0.2) is 14.4 Å². The molecule has 0 bridgehead atoms. The van der Waals surface area contributed by atoms with Crippen LogP contribution < -0.4 is 5.32 Å². The van der Waals surface area contributed by atoms with Gasteiger partial charge < -0.3 is 5.32 Å². The molecule has 5 heteroatoms. The molecule has 1 N–H and O–H groups in total. The molecule has 2 rings (SSSR count). The third-order valence-corrected chi connectivity index (χ3v) is 3.79. The predicted molar refractivity (Wildman–Crippen MR) is 66.8 cm³/mol. The molecule has 1 aliphatic rings. The Balaban J connectivity index is 2.11. The second-order valence-electron chi connectivity index (χ2n) is 4.57. The van der Waals surface area contributed by atoms with E-state index in [0.717, 1.165) is 19.3 Å². The Morgan fingerprint density at radius 2 is 2.18 bits per heavy atom. The number of hydrogen-bond acceptors (Lipinski definition) is 3. The summed E-state index contributed by atoms with van der Waals surface area (Å²) in [5.41, 5.74) is 0.376. The van der Waals surface area contributed by atoms with Crippen molar-refractivity contribution in [2.24, 2.45) is 5.92 Å². The number of hydrogen-bond donors (Lipinski definition) is 1. The molecule has 1 aromatic rings. The van der Waals surface area contributed by atoms with Crippen molar-refractivity contribution in [2.45, 2.75) is 38.6 Å². The zero-order valence-corrected chi connectivity index (χ0v) is 10.7. The molecule has 0 aliphatic heterocycles. The molecule has 1 saturated carbocycles. The lowest BCUT2D eigenvalue weighted by molar-refractivity contribution is 0.351. The fourth-order valence-corrected chi connectivity index (χ4v) is 2.69. The van der Waals surface area contributed by atoms with Crippen LogP contribution in [0.2, 0.25) is 0 Å². The molecular weight excluding hydrogens is 241 g/mol. The average Bonchev–Trinajstić information content (AvgIpc) is 2.35. The van der Waals surface area contributed by atoms with Crippen LogP contribution in [0.1, 0.15) is 31.4 Å². The minimum Gasteiger partial charge on any atom is -0.364 e. The highest BCUT2D eigenvalue weighted by atomic mass is 35.5. The number of rotatable bonds is 3. The zero-order valence-electron chi connectivity index (χ0n) is 9.92. The lowest BCUT2D eigenvalue weighted by Crippen LogP contribution is -2.34. The molecule has 3 nitrogen and oxygen atoms in total. The number of nitrogens with zero attached hydrogens (tertiary/aromatic N) is 2. The lowest BCUT2D eigenvalue weighted by Gasteiger charge is -2.31. The fourth-order valence-electron chi connectivity index (χ4n) is 2.32. The largest absolute Gasteiger partial charge is 0.364 e. The van der Waals surface area contributed by atoms with Crippen molar-refractivity contribution in [1.29, 1.82) is 0 Å². The monoisotopic (exact) mass is 257 g/mol. The molecule has 1 aromatic heterocycles. The molecule has 2 unspecified atom stereocenters. The van der Waals surface area contributed by atoms with Crippen LogP contribution in [0, 0.1) is 18.7 Å². The minimum atomic E-state index is -0.355. The maximum absolute atomic E-state index is 13.8. The second-order valence-corrected chi connectivity index (χ2v) is 4.88. The maximum atomic E-state index is 13.8. The topological polar surface area (TPSA) is 37.8 Å². The van der Waals surface area contributed by atoms with E-state index in [1.807, 2.05) is 0 Å². The Hall–Kier alpha value is -0.900. The van der Waals surface area contributed by atoms with E-state index in [2.05, 4.69) is 15.3 Å². The molecule has 1 heterocycles. The van der Waals surface area contributed by atoms with Crippen LogP contribution in [0.25, 0.3) is 0 Å². The Kier molecular flexibility index (Phi) is 4.15. The third kappa shape index (κ3) is 2.86. The van der Waals surface area contributed by atoms with Crippen LogP contribution >= 0.6 is 11.6 Å². The molecule has 1 fully saturated rings. The van der Waals surface area contributed by atoms with Crippen LogP contribution in [0.15, 0.2) is 6.33 Å². The lowest BCUT2D eigenvalue weighted by atomic mass is 9.86. The van der Waals surface area contributed by atoms with Crippen LogP contribution in [0.3, 0.4) is 0 Å². The molecular formula is C12H17ClFN3. The Morgan fingerprint density at radius 3 is 2.94 bits per heavy atom. The van der Waals surface area contributed by atoms with Gasteiger partial charge in [-0.2, -0.15) is 0 Å². The van der Waals surface area contributed by atoms with Crippen molar-refractivity contribution in [2.75, 3.05) is 11.2 Å². The summed E-state index contributed by atoms with van der Waals surface area (Å²) in [7, 11) is 0. The van der Waals surface area contributed by atoms with E-state index in [9.17, 15) is 4.39 Å². The van der Waals surface area contributed by atoms with Crippen LogP contribution in [-0.4, -0.2) is 21.9 Å². The summed E-state index contributed by atoms with van der Waals surface area (Å²) in [6.07, 6.45) is 5.89. The molecule has 1 aliphatic carbocycles. The van der Waals surface area contributed by atoms with Gasteiger partial charge in [-0.15, -0.1) is 11.6 Å². The Bertz CT molecular complexity index is 386. The standard InChI is InChI=1S/C12H17ClFN3/c1-8-11(14)12(16-7-15-8)17-10-5-3-2-4-9(10)6-13/h7,9-10H,2-6H2,1H3,(H,15,16,17). The van der Waals surface area contributed by atoms with Gasteiger partial charge >= 0.3 is 0 Å². The van der Waals surface area contributed by atoms with Gasteiger partial charge in [0.15, 0.2) is 11.6 Å². The van der Waals surface area contributed by atoms with Crippen molar-refractivity contribution >= 4 is 17.4 Å². The van der Waals surface area contributed by atoms with E-state index < -0.39 is 0 Å². The van der Waals surface area contributed by atoms with Gasteiger partial charge in [0.1, 0.15) is 6.33 Å². The number of alkyl halides is 1. The van der Waals surface area contributed by atoms with Crippen molar-refractivity contribution in [3.8, 4) is 0 Å². The van der Waals surface area contributed by atoms with Gasteiger partial charge in [0.25, 0.3) is 0 Å². The summed E-state index contributed by atoms with van der Waals surface area (Å²) >= 11 is 5.95. The molecule has 17 heavy (non-hydrogen) atoms. The maximum Gasteiger partial charge on any atom is 0.186 e. The van der Waals surface area contributed by atoms with Gasteiger partial charge in [-0.3, -0.25) is 0 Å². The van der Waals surface area contributed by atoms with Gasteiger partial charge in [0, 0.05) is 11.9 Å². The zero-order chi connectivity index (χ0) is 12.3. The van der Waals surface area contributed by atoms with Crippen molar-refractivity contribution < 1.29 is 4.39 Å². The average molecular weight is 258 g/mol. The summed E-state index contributed by atoms with van der Waals surface area (Å²) in [5, 5.41) is 3.18. The number of aromatic nitrogens is 2. The Labute approximate surface area is 106 Å². The summed E-state index contributed by atoms with van der Waals surface area (Å²) < 4.78 is 13.8. The van der Waals surface area contributed by atoms with Gasteiger partial charge in [-0.05, 0) is 25.7 Å². The highest BCUT2D eigenvalue weighted by molar-refractivity contribution is 6.18. The highest BCUT2D eigenvalue weighted by Gasteiger charge is 2.25. The van der Waals surface area contributed by atoms with Crippen LogP contribution in [0.4, 0.5) is 10.2 Å². The third-order valence-electron chi connectivity index (χ3n) is 3.39. The molecule has 0 aromatic carbocycles. The van der Waals surface area contributed by atoms with Crippen molar-refractivity contribution in [3.05, 3.63) is 17.8 Å². The van der Waals surface area contributed by atoms with E-state index >= 15 is 0 Å². The highest BCUT2D eigenvalue weighted by Crippen LogP contribution is 2.28. The van der Waals surface area contributed by atoms with Crippen LogP contribution in [-0.2, 0) is 0 Å². The SMILES string of the molecule is Cc1ncnc(NC2CCCCC2CCl)c1F. The van der Waals surface area contributed by atoms with Crippen molar-refractivity contribution in [3.63, 3.8) is 0 Å². The number of anilines is 1. The predicted octanol–water partition coefficient (Wildman–Crippen LogP) is 3.13. The van der Waals surface area contributed by atoms with E-state index in [0.29, 0.717) is 23.3 Å². The first-order valence-electron chi connectivity index (χ1n) is 6.02. The summed E-state index contributed by atoms with van der Waals surface area (Å²) in [4.78, 5) is 7.78. The second kappa shape index (κ2) is 5.63. The van der Waals surface area contributed by atoms with Crippen LogP contribution in [0.5, 0.6) is 0 Å². The van der Waals surface area contributed by atoms with E-state index in [-0.39, 0.29) is 11.9 Å². The molecule has 0 saturated heterocycles. The first-order valence-corrected chi connectivity index (χ1v) is 6.55. The molecule has 2 atom stereocenters. The number of halogens is 2. The molecule has 94 valence electrons. The summed E-state index contributed by atoms with van der Waals surface area (Å²) in [6.45, 7) is 1.64. The van der Waals surface area contributed by atoms with E-state index in [1.165, 1.54) is 12.7 Å². The number of aryl methyl sites for hydroxylation is 1. The summed E-state index contributed by atoms with van der Waals surface area (Å²) in [6, 6.07) is 0.227. The normalized spacial score (nSPS) is 24.6.